The molecule has 0 atom stereocenters. The Morgan fingerprint density at radius 2 is 1.81 bits per heavy atom. The number of rotatable bonds is 4. The highest BCUT2D eigenvalue weighted by molar-refractivity contribution is 5.89. The number of furan rings is 1. The molecule has 0 aliphatic rings. The van der Waals surface area contributed by atoms with Gasteiger partial charge in [-0.3, -0.25) is 4.79 Å². The molecule has 0 unspecified atom stereocenters. The molecule has 0 fully saturated rings. The summed E-state index contributed by atoms with van der Waals surface area (Å²) in [6, 6.07) is 14.9. The van der Waals surface area contributed by atoms with Crippen molar-refractivity contribution in [2.75, 3.05) is 7.11 Å². The molecule has 0 N–H and O–H groups in total. The lowest BCUT2D eigenvalue weighted by molar-refractivity contribution is 0.0701. The second kappa shape index (κ2) is 6.84. The number of carbonyl (C=O) groups excluding carboxylic acids is 1. The van der Waals surface area contributed by atoms with Crippen molar-refractivity contribution in [2.24, 2.45) is 0 Å². The fraction of sp³-hybridized carbons (Fsp3) is 0.0476. The monoisotopic (exact) mass is 362 g/mol. The van der Waals surface area contributed by atoms with E-state index < -0.39 is 5.97 Å². The average molecular weight is 362 g/mol. The van der Waals surface area contributed by atoms with E-state index in [1.807, 2.05) is 12.1 Å². The summed E-state index contributed by atoms with van der Waals surface area (Å²) in [6.45, 7) is 0. The molecule has 0 saturated carbocycles. The van der Waals surface area contributed by atoms with Gasteiger partial charge in [0, 0.05) is 11.6 Å². The zero-order chi connectivity index (χ0) is 18.8. The number of fused-ring (bicyclic) bond motifs is 1. The van der Waals surface area contributed by atoms with Gasteiger partial charge in [0.05, 0.1) is 24.3 Å². The second-order valence-electron chi connectivity index (χ2n) is 5.70. The zero-order valence-electron chi connectivity index (χ0n) is 14.3. The van der Waals surface area contributed by atoms with Crippen molar-refractivity contribution in [3.05, 3.63) is 83.1 Å². The topological polar surface area (TPSA) is 78.9 Å². The van der Waals surface area contributed by atoms with Crippen LogP contribution in [0.1, 0.15) is 10.6 Å². The summed E-state index contributed by atoms with van der Waals surface area (Å²) in [5.41, 5.74) is 1.14. The number of carbonyl (C=O) groups is 1. The van der Waals surface area contributed by atoms with Crippen molar-refractivity contribution < 1.29 is 23.1 Å². The summed E-state index contributed by atoms with van der Waals surface area (Å²) >= 11 is 0. The van der Waals surface area contributed by atoms with Crippen LogP contribution >= 0.6 is 0 Å². The lowest BCUT2D eigenvalue weighted by Gasteiger charge is -2.08. The van der Waals surface area contributed by atoms with Crippen molar-refractivity contribution in [1.29, 1.82) is 0 Å². The van der Waals surface area contributed by atoms with Gasteiger partial charge in [-0.15, -0.1) is 0 Å². The highest BCUT2D eigenvalue weighted by atomic mass is 16.5. The molecule has 134 valence electrons. The maximum atomic E-state index is 12.9. The fourth-order valence-electron chi connectivity index (χ4n) is 2.78. The van der Waals surface area contributed by atoms with Gasteiger partial charge in [0.2, 0.25) is 11.2 Å². The quantitative estimate of drug-likeness (QED) is 0.398. The van der Waals surface area contributed by atoms with Gasteiger partial charge in [0.1, 0.15) is 23.3 Å². The Kier molecular flexibility index (Phi) is 4.22. The summed E-state index contributed by atoms with van der Waals surface area (Å²) in [6.07, 6.45) is 2.76. The molecule has 0 radical (unpaired) electrons. The first-order valence-electron chi connectivity index (χ1n) is 8.12. The Labute approximate surface area is 153 Å². The van der Waals surface area contributed by atoms with Crippen LogP contribution in [0.4, 0.5) is 0 Å². The molecule has 0 aliphatic carbocycles. The van der Waals surface area contributed by atoms with Gasteiger partial charge in [-0.2, -0.15) is 0 Å². The Hall–Kier alpha value is -3.80. The number of methoxy groups -OCH3 is 1. The third-order valence-electron chi connectivity index (χ3n) is 4.08. The maximum Gasteiger partial charge on any atom is 0.379 e. The summed E-state index contributed by atoms with van der Waals surface area (Å²) < 4.78 is 21.2. The van der Waals surface area contributed by atoms with Crippen LogP contribution in [-0.4, -0.2) is 13.1 Å². The van der Waals surface area contributed by atoms with Gasteiger partial charge in [0.25, 0.3) is 0 Å². The van der Waals surface area contributed by atoms with E-state index in [4.69, 9.17) is 18.3 Å². The molecule has 0 bridgehead atoms. The smallest absolute Gasteiger partial charge is 0.379 e. The van der Waals surface area contributed by atoms with Gasteiger partial charge < -0.3 is 18.3 Å². The molecule has 0 aliphatic heterocycles. The lowest BCUT2D eigenvalue weighted by atomic mass is 10.0. The minimum Gasteiger partial charge on any atom is -0.496 e. The SMILES string of the molecule is COc1ccccc1-c1coc2cc(OC(=O)c3ccco3)ccc2c1=O. The third kappa shape index (κ3) is 3.08. The largest absolute Gasteiger partial charge is 0.496 e. The number of ether oxygens (including phenoxy) is 2. The fourth-order valence-corrected chi connectivity index (χ4v) is 2.78. The second-order valence-corrected chi connectivity index (χ2v) is 5.70. The highest BCUT2D eigenvalue weighted by Gasteiger charge is 2.15. The summed E-state index contributed by atoms with van der Waals surface area (Å²) in [4.78, 5) is 24.8. The van der Waals surface area contributed by atoms with Gasteiger partial charge in [-0.1, -0.05) is 18.2 Å². The van der Waals surface area contributed by atoms with E-state index in [9.17, 15) is 9.59 Å². The molecule has 2 heterocycles. The Bertz CT molecular complexity index is 1170. The molecule has 6 heteroatoms. The van der Waals surface area contributed by atoms with Crippen LogP contribution in [0, 0.1) is 0 Å². The number of hydrogen-bond donors (Lipinski definition) is 0. The van der Waals surface area contributed by atoms with Gasteiger partial charge >= 0.3 is 5.97 Å². The Morgan fingerprint density at radius 1 is 0.963 bits per heavy atom. The molecule has 2 aromatic carbocycles. The third-order valence-corrected chi connectivity index (χ3v) is 4.08. The van der Waals surface area contributed by atoms with E-state index in [0.717, 1.165) is 0 Å². The van der Waals surface area contributed by atoms with Crippen LogP contribution in [0.2, 0.25) is 0 Å². The number of esters is 1. The van der Waals surface area contributed by atoms with Crippen molar-refractivity contribution in [2.45, 2.75) is 0 Å². The Balaban J connectivity index is 1.73. The van der Waals surface area contributed by atoms with Crippen molar-refractivity contribution >= 4 is 16.9 Å². The molecule has 4 aromatic rings. The molecule has 0 amide bonds. The predicted molar refractivity (Wildman–Crippen MR) is 98.1 cm³/mol. The van der Waals surface area contributed by atoms with Crippen LogP contribution in [0.15, 0.2) is 80.8 Å². The minimum atomic E-state index is -0.632. The van der Waals surface area contributed by atoms with Gasteiger partial charge in [0.15, 0.2) is 0 Å². The summed E-state index contributed by atoms with van der Waals surface area (Å²) in [5, 5.41) is 0.371. The van der Waals surface area contributed by atoms with Crippen LogP contribution in [-0.2, 0) is 0 Å². The van der Waals surface area contributed by atoms with E-state index in [-0.39, 0.29) is 16.9 Å². The highest BCUT2D eigenvalue weighted by Crippen LogP contribution is 2.29. The van der Waals surface area contributed by atoms with Crippen LogP contribution in [0.25, 0.3) is 22.1 Å². The molecule has 0 saturated heterocycles. The lowest BCUT2D eigenvalue weighted by Crippen LogP contribution is -2.08. The zero-order valence-corrected chi connectivity index (χ0v) is 14.3. The van der Waals surface area contributed by atoms with Crippen LogP contribution < -0.4 is 14.9 Å². The first-order valence-corrected chi connectivity index (χ1v) is 8.12. The molecule has 4 rings (SSSR count). The predicted octanol–water partition coefficient (Wildman–Crippen LogP) is 4.28. The Morgan fingerprint density at radius 3 is 2.59 bits per heavy atom. The normalized spacial score (nSPS) is 10.7. The minimum absolute atomic E-state index is 0.0862. The average Bonchev–Trinajstić information content (AvgIpc) is 3.23. The van der Waals surface area contributed by atoms with Crippen molar-refractivity contribution in [1.82, 2.24) is 0 Å². The first-order chi connectivity index (χ1) is 13.2. The summed E-state index contributed by atoms with van der Waals surface area (Å²) in [5.74, 6) is 0.278. The molecular formula is C21H14O6. The van der Waals surface area contributed by atoms with E-state index in [0.29, 0.717) is 27.8 Å². The number of benzene rings is 2. The standard InChI is InChI=1S/C21H14O6/c1-24-17-6-3-2-5-14(17)16-12-26-19-11-13(8-9-15(19)20(16)22)27-21(23)18-7-4-10-25-18/h2-12H,1H3. The van der Waals surface area contributed by atoms with Crippen LogP contribution in [0.3, 0.4) is 0 Å². The van der Waals surface area contributed by atoms with Crippen molar-refractivity contribution in [3.63, 3.8) is 0 Å². The molecule has 6 nitrogen and oxygen atoms in total. The van der Waals surface area contributed by atoms with Gasteiger partial charge in [-0.25, -0.2) is 4.79 Å². The molecular weight excluding hydrogens is 348 g/mol. The number of hydrogen-bond acceptors (Lipinski definition) is 6. The van der Waals surface area contributed by atoms with E-state index >= 15 is 0 Å². The van der Waals surface area contributed by atoms with Crippen LogP contribution in [0.5, 0.6) is 11.5 Å². The first kappa shape index (κ1) is 16.7. The molecule has 27 heavy (non-hydrogen) atoms. The maximum absolute atomic E-state index is 12.9. The summed E-state index contributed by atoms with van der Waals surface area (Å²) in [7, 11) is 1.54. The molecule has 0 spiro atoms. The van der Waals surface area contributed by atoms with Crippen molar-refractivity contribution in [3.8, 4) is 22.6 Å². The van der Waals surface area contributed by atoms with Gasteiger partial charge in [-0.05, 0) is 30.3 Å². The number of para-hydroxylation sites is 1. The molecule has 2 aromatic heterocycles. The van der Waals surface area contributed by atoms with E-state index in [2.05, 4.69) is 0 Å². The van der Waals surface area contributed by atoms with E-state index in [1.54, 1.807) is 31.4 Å². The van der Waals surface area contributed by atoms with E-state index in [1.165, 1.54) is 30.7 Å².